The summed E-state index contributed by atoms with van der Waals surface area (Å²) in [6, 6.07) is 32.5. The Bertz CT molecular complexity index is 1410. The fourth-order valence-electron chi connectivity index (χ4n) is 4.52. The maximum Gasteiger partial charge on any atom is 0.161 e. The molecule has 4 heteroatoms. The number of rotatable bonds is 6. The summed E-state index contributed by atoms with van der Waals surface area (Å²) in [6.07, 6.45) is 1.94. The second kappa shape index (κ2) is 9.90. The third-order valence-corrected chi connectivity index (χ3v) is 6.27. The number of aliphatic imine (C=N–C) groups is 1. The maximum absolute atomic E-state index is 6.58. The van der Waals surface area contributed by atoms with Crippen LogP contribution < -0.4 is 14.2 Å². The highest BCUT2D eigenvalue weighted by molar-refractivity contribution is 5.95. The standard InChI is InChI=1S/C31H27NO3/c1-21-11-7-8-14-24(21)30-25-15-9-10-16-27(25)35-31(22-17-18-28(33-2)29(19-22)34-3)26(30)20-32-23-12-5-4-6-13-23/h4-20,30H,1-3H3/t30-/m0/s1. The van der Waals surface area contributed by atoms with Gasteiger partial charge in [-0.2, -0.15) is 0 Å². The summed E-state index contributed by atoms with van der Waals surface area (Å²) in [4.78, 5) is 4.84. The molecule has 1 atom stereocenters. The molecule has 1 heterocycles. The Morgan fingerprint density at radius 2 is 1.43 bits per heavy atom. The second-order valence-electron chi connectivity index (χ2n) is 8.38. The summed E-state index contributed by atoms with van der Waals surface area (Å²) in [7, 11) is 3.28. The molecule has 35 heavy (non-hydrogen) atoms. The van der Waals surface area contributed by atoms with Crippen LogP contribution in [0.4, 0.5) is 5.69 Å². The Kier molecular flexibility index (Phi) is 6.36. The van der Waals surface area contributed by atoms with E-state index in [1.165, 1.54) is 11.1 Å². The van der Waals surface area contributed by atoms with Crippen molar-refractivity contribution < 1.29 is 14.2 Å². The van der Waals surface area contributed by atoms with E-state index in [1.54, 1.807) is 14.2 Å². The lowest BCUT2D eigenvalue weighted by Crippen LogP contribution is -2.18. The Morgan fingerprint density at radius 1 is 0.743 bits per heavy atom. The molecule has 0 radical (unpaired) electrons. The lowest BCUT2D eigenvalue weighted by atomic mass is 9.80. The van der Waals surface area contributed by atoms with Gasteiger partial charge >= 0.3 is 0 Å². The fraction of sp³-hybridized carbons (Fsp3) is 0.129. The van der Waals surface area contributed by atoms with Crippen molar-refractivity contribution in [2.45, 2.75) is 12.8 Å². The third-order valence-electron chi connectivity index (χ3n) is 6.27. The minimum atomic E-state index is -0.0447. The monoisotopic (exact) mass is 461 g/mol. The van der Waals surface area contributed by atoms with Gasteiger partial charge < -0.3 is 14.2 Å². The van der Waals surface area contributed by atoms with E-state index in [1.807, 2.05) is 66.9 Å². The highest BCUT2D eigenvalue weighted by atomic mass is 16.5. The molecule has 0 aromatic heterocycles. The Hall–Kier alpha value is -4.31. The lowest BCUT2D eigenvalue weighted by Gasteiger charge is -2.31. The van der Waals surface area contributed by atoms with Crippen LogP contribution in [0.3, 0.4) is 0 Å². The van der Waals surface area contributed by atoms with E-state index in [2.05, 4.69) is 43.3 Å². The molecule has 0 unspecified atom stereocenters. The molecule has 0 amide bonds. The average Bonchev–Trinajstić information content (AvgIpc) is 2.91. The summed E-state index contributed by atoms with van der Waals surface area (Å²) in [5, 5.41) is 0. The van der Waals surface area contributed by atoms with Gasteiger partial charge in [0.2, 0.25) is 0 Å². The van der Waals surface area contributed by atoms with Crippen molar-refractivity contribution in [1.82, 2.24) is 0 Å². The highest BCUT2D eigenvalue weighted by Crippen LogP contribution is 2.46. The number of methoxy groups -OCH3 is 2. The maximum atomic E-state index is 6.58. The predicted octanol–water partition coefficient (Wildman–Crippen LogP) is 7.35. The summed E-state index contributed by atoms with van der Waals surface area (Å²) in [6.45, 7) is 2.15. The van der Waals surface area contributed by atoms with Crippen molar-refractivity contribution in [2.75, 3.05) is 14.2 Å². The van der Waals surface area contributed by atoms with Gasteiger partial charge in [-0.1, -0.05) is 60.7 Å². The van der Waals surface area contributed by atoms with E-state index < -0.39 is 0 Å². The van der Waals surface area contributed by atoms with Crippen LogP contribution in [-0.2, 0) is 0 Å². The number of fused-ring (bicyclic) bond motifs is 1. The van der Waals surface area contributed by atoms with Gasteiger partial charge in [0, 0.05) is 28.8 Å². The molecule has 0 saturated heterocycles. The SMILES string of the molecule is COc1ccc(C2=C(C=Nc3ccccc3)[C@@H](c3ccccc3C)c3ccccc3O2)cc1OC. The number of para-hydroxylation sites is 2. The molecule has 4 aromatic carbocycles. The minimum Gasteiger partial charge on any atom is -0.493 e. The van der Waals surface area contributed by atoms with Gasteiger partial charge in [0.15, 0.2) is 11.5 Å². The van der Waals surface area contributed by atoms with Crippen molar-refractivity contribution in [2.24, 2.45) is 4.99 Å². The number of allylic oxidation sites excluding steroid dienone is 1. The summed E-state index contributed by atoms with van der Waals surface area (Å²) < 4.78 is 17.6. The Morgan fingerprint density at radius 3 is 2.17 bits per heavy atom. The van der Waals surface area contributed by atoms with Crippen LogP contribution in [0, 0.1) is 6.92 Å². The van der Waals surface area contributed by atoms with Crippen LogP contribution in [0.25, 0.3) is 5.76 Å². The highest BCUT2D eigenvalue weighted by Gasteiger charge is 2.32. The van der Waals surface area contributed by atoms with Crippen LogP contribution in [0.1, 0.15) is 28.2 Å². The first-order valence-electron chi connectivity index (χ1n) is 11.6. The first-order valence-corrected chi connectivity index (χ1v) is 11.6. The number of ether oxygens (including phenoxy) is 3. The van der Waals surface area contributed by atoms with Crippen molar-refractivity contribution in [1.29, 1.82) is 0 Å². The largest absolute Gasteiger partial charge is 0.493 e. The van der Waals surface area contributed by atoms with Crippen molar-refractivity contribution >= 4 is 17.7 Å². The van der Waals surface area contributed by atoms with Gasteiger partial charge in [0.05, 0.1) is 19.9 Å². The van der Waals surface area contributed by atoms with E-state index >= 15 is 0 Å². The molecule has 0 N–H and O–H groups in total. The third kappa shape index (κ3) is 4.43. The average molecular weight is 462 g/mol. The van der Waals surface area contributed by atoms with Crippen molar-refractivity contribution in [3.05, 3.63) is 125 Å². The molecular weight excluding hydrogens is 434 g/mol. The zero-order valence-electron chi connectivity index (χ0n) is 20.1. The normalized spacial score (nSPS) is 15.0. The van der Waals surface area contributed by atoms with Crippen LogP contribution in [0.2, 0.25) is 0 Å². The van der Waals surface area contributed by atoms with Crippen LogP contribution >= 0.6 is 0 Å². The molecular formula is C31H27NO3. The number of hydrogen-bond donors (Lipinski definition) is 0. The van der Waals surface area contributed by atoms with E-state index in [-0.39, 0.29) is 5.92 Å². The Labute approximate surface area is 206 Å². The topological polar surface area (TPSA) is 40.0 Å². The van der Waals surface area contributed by atoms with Gasteiger partial charge in [-0.25, -0.2) is 0 Å². The predicted molar refractivity (Wildman–Crippen MR) is 141 cm³/mol. The van der Waals surface area contributed by atoms with Crippen molar-refractivity contribution in [3.63, 3.8) is 0 Å². The molecule has 4 nitrogen and oxygen atoms in total. The van der Waals surface area contributed by atoms with Crippen LogP contribution in [0.5, 0.6) is 17.2 Å². The molecule has 174 valence electrons. The molecule has 0 fully saturated rings. The van der Waals surface area contributed by atoms with E-state index in [0.29, 0.717) is 11.5 Å². The number of hydrogen-bond acceptors (Lipinski definition) is 4. The van der Waals surface area contributed by atoms with E-state index in [0.717, 1.165) is 33.9 Å². The van der Waals surface area contributed by atoms with Gasteiger partial charge in [0.1, 0.15) is 11.5 Å². The zero-order valence-corrected chi connectivity index (χ0v) is 20.1. The number of benzene rings is 4. The summed E-state index contributed by atoms with van der Waals surface area (Å²) >= 11 is 0. The lowest BCUT2D eigenvalue weighted by molar-refractivity contribution is 0.354. The fourth-order valence-corrected chi connectivity index (χ4v) is 4.52. The van der Waals surface area contributed by atoms with Gasteiger partial charge in [-0.3, -0.25) is 4.99 Å². The van der Waals surface area contributed by atoms with Gasteiger partial charge in [-0.15, -0.1) is 0 Å². The number of nitrogens with zero attached hydrogens (tertiary/aromatic N) is 1. The van der Waals surface area contributed by atoms with Crippen molar-refractivity contribution in [3.8, 4) is 17.2 Å². The summed E-state index contributed by atoms with van der Waals surface area (Å²) in [5.41, 5.74) is 6.30. The first kappa shape index (κ1) is 22.5. The van der Waals surface area contributed by atoms with E-state index in [4.69, 9.17) is 19.2 Å². The van der Waals surface area contributed by atoms with E-state index in [9.17, 15) is 0 Å². The van der Waals surface area contributed by atoms with Crippen LogP contribution in [0.15, 0.2) is 108 Å². The molecule has 0 bridgehead atoms. The second-order valence-corrected chi connectivity index (χ2v) is 8.38. The molecule has 0 spiro atoms. The smallest absolute Gasteiger partial charge is 0.161 e. The minimum absolute atomic E-state index is 0.0447. The zero-order chi connectivity index (χ0) is 24.2. The molecule has 1 aliphatic heterocycles. The number of aryl methyl sites for hydroxylation is 1. The molecule has 4 aromatic rings. The first-order chi connectivity index (χ1) is 17.2. The molecule has 5 rings (SSSR count). The molecule has 1 aliphatic rings. The van der Waals surface area contributed by atoms with Gasteiger partial charge in [0.25, 0.3) is 0 Å². The quantitative estimate of drug-likeness (QED) is 0.282. The molecule has 0 aliphatic carbocycles. The Balaban J connectivity index is 1.77. The van der Waals surface area contributed by atoms with Gasteiger partial charge in [-0.05, 0) is 54.4 Å². The van der Waals surface area contributed by atoms with Crippen LogP contribution in [-0.4, -0.2) is 20.4 Å². The molecule has 0 saturated carbocycles. The summed E-state index contributed by atoms with van der Waals surface area (Å²) in [5.74, 6) is 2.85.